The molecule has 1 N–H and O–H groups in total. The maximum absolute atomic E-state index is 11.8. The summed E-state index contributed by atoms with van der Waals surface area (Å²) in [5, 5.41) is 6.23. The lowest BCUT2D eigenvalue weighted by atomic mass is 10.2. The molecule has 5 heteroatoms. The van der Waals surface area contributed by atoms with Crippen molar-refractivity contribution in [1.82, 2.24) is 4.98 Å². The summed E-state index contributed by atoms with van der Waals surface area (Å²) in [6.45, 7) is 4.74. The van der Waals surface area contributed by atoms with Crippen molar-refractivity contribution in [1.29, 1.82) is 0 Å². The van der Waals surface area contributed by atoms with Gasteiger partial charge in [0.2, 0.25) is 0 Å². The third-order valence-corrected chi connectivity index (χ3v) is 3.49. The fourth-order valence-corrected chi connectivity index (χ4v) is 2.39. The number of carbonyl (C=O) groups excluding carboxylic acids is 1. The van der Waals surface area contributed by atoms with Gasteiger partial charge < -0.3 is 10.1 Å². The number of thiazole rings is 1. The number of nitrogens with one attached hydrogen (secondary N) is 1. The topological polar surface area (TPSA) is 51.2 Å². The van der Waals surface area contributed by atoms with Gasteiger partial charge in [0, 0.05) is 16.8 Å². The Morgan fingerprint density at radius 1 is 1.42 bits per heavy atom. The van der Waals surface area contributed by atoms with Gasteiger partial charge in [-0.25, -0.2) is 9.78 Å². The Morgan fingerprint density at radius 2 is 2.21 bits per heavy atom. The smallest absolute Gasteiger partial charge is 0.340 e. The van der Waals surface area contributed by atoms with Gasteiger partial charge in [0.05, 0.1) is 18.7 Å². The molecule has 19 heavy (non-hydrogen) atoms. The van der Waals surface area contributed by atoms with Gasteiger partial charge >= 0.3 is 5.97 Å². The van der Waals surface area contributed by atoms with Gasteiger partial charge in [-0.3, -0.25) is 0 Å². The molecule has 0 aliphatic heterocycles. The van der Waals surface area contributed by atoms with E-state index in [1.54, 1.807) is 24.3 Å². The Morgan fingerprint density at radius 3 is 2.89 bits per heavy atom. The van der Waals surface area contributed by atoms with Crippen LogP contribution >= 0.6 is 11.3 Å². The van der Waals surface area contributed by atoms with Crippen molar-refractivity contribution < 1.29 is 9.53 Å². The van der Waals surface area contributed by atoms with Crippen LogP contribution in [0.25, 0.3) is 0 Å². The van der Waals surface area contributed by atoms with Gasteiger partial charge in [-0.2, -0.15) is 0 Å². The number of hydrogen-bond acceptors (Lipinski definition) is 5. The van der Waals surface area contributed by atoms with E-state index in [2.05, 4.69) is 10.3 Å². The van der Waals surface area contributed by atoms with E-state index in [9.17, 15) is 4.79 Å². The van der Waals surface area contributed by atoms with Crippen molar-refractivity contribution in [2.75, 3.05) is 11.9 Å². The highest BCUT2D eigenvalue weighted by Gasteiger charge is 2.11. The highest BCUT2D eigenvalue weighted by atomic mass is 32.1. The molecule has 2 aromatic rings. The number of benzene rings is 1. The summed E-state index contributed by atoms with van der Waals surface area (Å²) in [6, 6.07) is 7.34. The second kappa shape index (κ2) is 6.33. The van der Waals surface area contributed by atoms with Gasteiger partial charge in [-0.1, -0.05) is 12.1 Å². The first-order valence-corrected chi connectivity index (χ1v) is 6.99. The maximum Gasteiger partial charge on any atom is 0.340 e. The Bertz CT molecular complexity index is 566. The largest absolute Gasteiger partial charge is 0.462 e. The normalized spacial score (nSPS) is 10.2. The van der Waals surface area contributed by atoms with Crippen molar-refractivity contribution >= 4 is 23.0 Å². The van der Waals surface area contributed by atoms with E-state index >= 15 is 0 Å². The average molecular weight is 276 g/mol. The van der Waals surface area contributed by atoms with Gasteiger partial charge in [0.15, 0.2) is 0 Å². The van der Waals surface area contributed by atoms with Crippen LogP contribution in [0.5, 0.6) is 0 Å². The molecule has 0 aliphatic rings. The Kier molecular flexibility index (Phi) is 4.52. The van der Waals surface area contributed by atoms with Crippen LogP contribution in [0.3, 0.4) is 0 Å². The molecule has 0 atom stereocenters. The minimum absolute atomic E-state index is 0.305. The third kappa shape index (κ3) is 3.54. The molecule has 0 unspecified atom stereocenters. The molecule has 2 rings (SSSR count). The fraction of sp³-hybridized carbons (Fsp3) is 0.286. The molecule has 1 aromatic carbocycles. The standard InChI is InChI=1S/C14H16N2O2S/c1-3-18-14(17)11-6-4-5-7-12(11)15-8-13-16-10(2)9-19-13/h4-7,9,15H,3,8H2,1-2H3. The predicted octanol–water partition coefficient (Wildman–Crippen LogP) is 3.24. The highest BCUT2D eigenvalue weighted by molar-refractivity contribution is 7.09. The van der Waals surface area contributed by atoms with E-state index in [0.29, 0.717) is 18.7 Å². The van der Waals surface area contributed by atoms with Crippen LogP contribution in [0.1, 0.15) is 28.0 Å². The molecule has 0 aliphatic carbocycles. The fourth-order valence-electron chi connectivity index (χ4n) is 1.68. The number of aromatic nitrogens is 1. The van der Waals surface area contributed by atoms with Crippen LogP contribution in [-0.2, 0) is 11.3 Å². The minimum atomic E-state index is -0.305. The van der Waals surface area contributed by atoms with Crippen LogP contribution in [0, 0.1) is 6.92 Å². The molecule has 100 valence electrons. The molecule has 0 amide bonds. The first kappa shape index (κ1) is 13.5. The lowest BCUT2D eigenvalue weighted by molar-refractivity contribution is 0.0527. The number of esters is 1. The van der Waals surface area contributed by atoms with Crippen LogP contribution in [-0.4, -0.2) is 17.6 Å². The number of para-hydroxylation sites is 1. The Labute approximate surface area is 116 Å². The molecule has 4 nitrogen and oxygen atoms in total. The molecule has 1 heterocycles. The Balaban J connectivity index is 2.09. The van der Waals surface area contributed by atoms with Gasteiger partial charge in [0.1, 0.15) is 5.01 Å². The van der Waals surface area contributed by atoms with Crippen LogP contribution in [0.2, 0.25) is 0 Å². The molecule has 0 saturated heterocycles. The molecule has 0 fully saturated rings. The first-order chi connectivity index (χ1) is 9.20. The van der Waals surface area contributed by atoms with Crippen molar-refractivity contribution in [2.45, 2.75) is 20.4 Å². The summed E-state index contributed by atoms with van der Waals surface area (Å²) in [4.78, 5) is 16.2. The number of carbonyl (C=O) groups is 1. The van der Waals surface area contributed by atoms with E-state index in [-0.39, 0.29) is 5.97 Å². The lowest BCUT2D eigenvalue weighted by Gasteiger charge is -2.10. The van der Waals surface area contributed by atoms with E-state index < -0.39 is 0 Å². The summed E-state index contributed by atoms with van der Waals surface area (Å²) in [7, 11) is 0. The van der Waals surface area contributed by atoms with Crippen LogP contribution in [0.4, 0.5) is 5.69 Å². The van der Waals surface area contributed by atoms with E-state index in [0.717, 1.165) is 16.4 Å². The quantitative estimate of drug-likeness (QED) is 0.852. The maximum atomic E-state index is 11.8. The molecular formula is C14H16N2O2S. The average Bonchev–Trinajstić information content (AvgIpc) is 2.83. The van der Waals surface area contributed by atoms with Crippen LogP contribution < -0.4 is 5.32 Å². The number of nitrogens with zero attached hydrogens (tertiary/aromatic N) is 1. The SMILES string of the molecule is CCOC(=O)c1ccccc1NCc1nc(C)cs1. The van der Waals surface area contributed by atoms with Gasteiger partial charge in [-0.15, -0.1) is 11.3 Å². The molecule has 1 aromatic heterocycles. The second-order valence-electron chi connectivity index (χ2n) is 4.00. The summed E-state index contributed by atoms with van der Waals surface area (Å²) < 4.78 is 5.03. The summed E-state index contributed by atoms with van der Waals surface area (Å²) in [5.74, 6) is -0.305. The summed E-state index contributed by atoms with van der Waals surface area (Å²) in [6.07, 6.45) is 0. The zero-order valence-corrected chi connectivity index (χ0v) is 11.8. The van der Waals surface area contributed by atoms with Gasteiger partial charge in [-0.05, 0) is 26.0 Å². The lowest BCUT2D eigenvalue weighted by Crippen LogP contribution is -2.09. The number of rotatable bonds is 5. The van der Waals surface area contributed by atoms with E-state index in [1.807, 2.05) is 30.5 Å². The zero-order valence-electron chi connectivity index (χ0n) is 11.0. The summed E-state index contributed by atoms with van der Waals surface area (Å²) >= 11 is 1.60. The zero-order chi connectivity index (χ0) is 13.7. The highest BCUT2D eigenvalue weighted by Crippen LogP contribution is 2.18. The summed E-state index contributed by atoms with van der Waals surface area (Å²) in [5.41, 5.74) is 2.34. The number of aryl methyl sites for hydroxylation is 1. The van der Waals surface area contributed by atoms with Crippen LogP contribution in [0.15, 0.2) is 29.6 Å². The van der Waals surface area contributed by atoms with Crippen molar-refractivity contribution in [3.63, 3.8) is 0 Å². The minimum Gasteiger partial charge on any atom is -0.462 e. The molecule has 0 radical (unpaired) electrons. The monoisotopic (exact) mass is 276 g/mol. The second-order valence-corrected chi connectivity index (χ2v) is 4.94. The van der Waals surface area contributed by atoms with Gasteiger partial charge in [0.25, 0.3) is 0 Å². The Hall–Kier alpha value is -1.88. The number of ether oxygens (including phenoxy) is 1. The molecule has 0 bridgehead atoms. The first-order valence-electron chi connectivity index (χ1n) is 6.11. The van der Waals surface area contributed by atoms with E-state index in [1.165, 1.54) is 0 Å². The number of anilines is 1. The predicted molar refractivity (Wildman–Crippen MR) is 76.6 cm³/mol. The molecule has 0 spiro atoms. The number of hydrogen-bond donors (Lipinski definition) is 1. The molecule has 0 saturated carbocycles. The van der Waals surface area contributed by atoms with Crippen molar-refractivity contribution in [3.05, 3.63) is 45.9 Å². The molecular weight excluding hydrogens is 260 g/mol. The van der Waals surface area contributed by atoms with Crippen molar-refractivity contribution in [2.24, 2.45) is 0 Å². The third-order valence-electron chi connectivity index (χ3n) is 2.52. The van der Waals surface area contributed by atoms with Crippen molar-refractivity contribution in [3.8, 4) is 0 Å². The van der Waals surface area contributed by atoms with E-state index in [4.69, 9.17) is 4.74 Å².